The summed E-state index contributed by atoms with van der Waals surface area (Å²) < 4.78 is 7.77. The summed E-state index contributed by atoms with van der Waals surface area (Å²) in [5.41, 5.74) is 5.12. The first kappa shape index (κ1) is 24.2. The number of benzene rings is 2. The zero-order valence-electron chi connectivity index (χ0n) is 21.3. The van der Waals surface area contributed by atoms with E-state index in [9.17, 15) is 14.7 Å². The Balaban J connectivity index is 1.69. The minimum absolute atomic E-state index is 0.254. The predicted octanol–water partition coefficient (Wildman–Crippen LogP) is 6.37. The normalized spacial score (nSPS) is 18.4. The van der Waals surface area contributed by atoms with Gasteiger partial charge in [-0.25, -0.2) is 9.59 Å². The second-order valence-corrected chi connectivity index (χ2v) is 11.0. The molecule has 190 valence electrons. The van der Waals surface area contributed by atoms with E-state index in [0.29, 0.717) is 19.0 Å². The third kappa shape index (κ3) is 4.79. The molecule has 3 N–H and O–H groups in total. The van der Waals surface area contributed by atoms with Crippen LogP contribution in [0.3, 0.4) is 0 Å². The Morgan fingerprint density at radius 1 is 1.08 bits per heavy atom. The number of para-hydroxylation sites is 1. The summed E-state index contributed by atoms with van der Waals surface area (Å²) in [6.07, 6.45) is 5.46. The number of carbonyl (C=O) groups is 2. The third-order valence-corrected chi connectivity index (χ3v) is 7.21. The number of carboxylic acids is 1. The van der Waals surface area contributed by atoms with Gasteiger partial charge in [0, 0.05) is 35.2 Å². The van der Waals surface area contributed by atoms with Crippen LogP contribution in [0.25, 0.3) is 22.2 Å². The molecule has 2 aromatic carbocycles. The number of hydrogen-bond acceptors (Lipinski definition) is 4. The summed E-state index contributed by atoms with van der Waals surface area (Å²) >= 11 is 0. The van der Waals surface area contributed by atoms with Crippen molar-refractivity contribution >= 4 is 28.7 Å². The van der Waals surface area contributed by atoms with Crippen LogP contribution in [-0.2, 0) is 11.3 Å². The molecular formula is C29H35N3O4. The van der Waals surface area contributed by atoms with E-state index in [0.717, 1.165) is 40.7 Å². The largest absolute Gasteiger partial charge is 0.478 e. The zero-order valence-corrected chi connectivity index (χ0v) is 21.3. The summed E-state index contributed by atoms with van der Waals surface area (Å²) in [7, 11) is 0. The minimum atomic E-state index is -0.942. The highest BCUT2D eigenvalue weighted by molar-refractivity contribution is 5.99. The number of aromatic carboxylic acids is 1. The summed E-state index contributed by atoms with van der Waals surface area (Å²) in [5, 5.41) is 17.5. The van der Waals surface area contributed by atoms with Gasteiger partial charge in [-0.05, 0) is 63.3 Å². The van der Waals surface area contributed by atoms with Crippen LogP contribution in [-0.4, -0.2) is 39.9 Å². The Labute approximate surface area is 211 Å². The Hall–Kier alpha value is -3.48. The molecule has 5 rings (SSSR count). The number of nitrogens with zero attached hydrogens (tertiary/aromatic N) is 1. The van der Waals surface area contributed by atoms with Crippen molar-refractivity contribution in [3.63, 3.8) is 0 Å². The molecule has 0 saturated heterocycles. The first-order chi connectivity index (χ1) is 17.2. The van der Waals surface area contributed by atoms with Crippen LogP contribution in [0.5, 0.6) is 0 Å². The van der Waals surface area contributed by atoms with Crippen LogP contribution in [0, 0.1) is 0 Å². The summed E-state index contributed by atoms with van der Waals surface area (Å²) in [6, 6.07) is 13.5. The Morgan fingerprint density at radius 2 is 1.83 bits per heavy atom. The predicted molar refractivity (Wildman–Crippen MR) is 142 cm³/mol. The van der Waals surface area contributed by atoms with E-state index >= 15 is 0 Å². The van der Waals surface area contributed by atoms with E-state index in [4.69, 9.17) is 4.74 Å². The van der Waals surface area contributed by atoms with Gasteiger partial charge in [-0.2, -0.15) is 0 Å². The number of rotatable bonds is 3. The lowest BCUT2D eigenvalue weighted by molar-refractivity contribution is 0.0502. The SMILES string of the molecule is CC(C)(C)OC(=O)NC1CNc2ccccc2-c2c(C3CCCCC3)c3ccc(C(=O)O)cc3n2C1. The van der Waals surface area contributed by atoms with Gasteiger partial charge in [0.2, 0.25) is 0 Å². The van der Waals surface area contributed by atoms with Gasteiger partial charge in [-0.1, -0.05) is 43.5 Å². The first-order valence-corrected chi connectivity index (χ1v) is 12.9. The van der Waals surface area contributed by atoms with Gasteiger partial charge in [0.05, 0.1) is 17.3 Å². The van der Waals surface area contributed by atoms with E-state index < -0.39 is 17.7 Å². The topological polar surface area (TPSA) is 92.6 Å². The molecule has 0 bridgehead atoms. The second kappa shape index (κ2) is 9.52. The highest BCUT2D eigenvalue weighted by Crippen LogP contribution is 2.46. The van der Waals surface area contributed by atoms with Crippen LogP contribution in [0.4, 0.5) is 10.5 Å². The number of ether oxygens (including phenoxy) is 1. The number of aromatic nitrogens is 1. The van der Waals surface area contributed by atoms with Crippen molar-refractivity contribution in [2.24, 2.45) is 0 Å². The molecular weight excluding hydrogens is 454 g/mol. The van der Waals surface area contributed by atoms with Gasteiger partial charge >= 0.3 is 12.1 Å². The Morgan fingerprint density at radius 3 is 2.56 bits per heavy atom. The number of hydrogen-bond donors (Lipinski definition) is 3. The quantitative estimate of drug-likeness (QED) is 0.397. The molecule has 1 unspecified atom stereocenters. The smallest absolute Gasteiger partial charge is 0.407 e. The maximum atomic E-state index is 12.7. The lowest BCUT2D eigenvalue weighted by atomic mass is 9.81. The van der Waals surface area contributed by atoms with Gasteiger partial charge in [0.15, 0.2) is 0 Å². The van der Waals surface area contributed by atoms with Crippen LogP contribution >= 0.6 is 0 Å². The number of carbonyl (C=O) groups excluding carboxylic acids is 1. The molecule has 1 aliphatic heterocycles. The highest BCUT2D eigenvalue weighted by atomic mass is 16.6. The molecule has 2 aliphatic rings. The molecule has 0 spiro atoms. The maximum absolute atomic E-state index is 12.7. The van der Waals surface area contributed by atoms with Crippen molar-refractivity contribution in [3.8, 4) is 11.3 Å². The van der Waals surface area contributed by atoms with Crippen LogP contribution in [0.2, 0.25) is 0 Å². The Bertz CT molecular complexity index is 1300. The van der Waals surface area contributed by atoms with Crippen molar-refractivity contribution in [2.75, 3.05) is 11.9 Å². The monoisotopic (exact) mass is 489 g/mol. The van der Waals surface area contributed by atoms with E-state index in [1.807, 2.05) is 39.0 Å². The molecule has 1 saturated carbocycles. The molecule has 1 aromatic heterocycles. The van der Waals surface area contributed by atoms with Gasteiger partial charge in [0.25, 0.3) is 0 Å². The van der Waals surface area contributed by atoms with Crippen LogP contribution in [0.1, 0.15) is 74.7 Å². The van der Waals surface area contributed by atoms with E-state index in [1.54, 1.807) is 12.1 Å². The van der Waals surface area contributed by atoms with Gasteiger partial charge in [-0.3, -0.25) is 0 Å². The molecule has 0 radical (unpaired) electrons. The zero-order chi connectivity index (χ0) is 25.4. The number of carboxylic acid groups (broad SMARTS) is 1. The lowest BCUT2D eigenvalue weighted by Gasteiger charge is -2.29. The third-order valence-electron chi connectivity index (χ3n) is 7.21. The molecule has 1 amide bonds. The van der Waals surface area contributed by atoms with E-state index in [1.165, 1.54) is 24.8 Å². The number of amides is 1. The summed E-state index contributed by atoms with van der Waals surface area (Å²) in [5.74, 6) is -0.527. The number of nitrogens with one attached hydrogen (secondary N) is 2. The average Bonchev–Trinajstić information content (AvgIpc) is 3.13. The lowest BCUT2D eigenvalue weighted by Crippen LogP contribution is -2.45. The van der Waals surface area contributed by atoms with Crippen LogP contribution in [0.15, 0.2) is 42.5 Å². The number of alkyl carbamates (subject to hydrolysis) is 1. The molecule has 7 nitrogen and oxygen atoms in total. The number of anilines is 1. The van der Waals surface area contributed by atoms with Gasteiger partial charge in [-0.15, -0.1) is 0 Å². The van der Waals surface area contributed by atoms with Crippen molar-refractivity contribution in [1.29, 1.82) is 0 Å². The fraction of sp³-hybridized carbons (Fsp3) is 0.448. The standard InChI is InChI=1S/C29H35N3O4/c1-29(2,3)36-28(35)31-20-16-30-23-12-8-7-11-21(23)26-25(18-9-5-4-6-10-18)22-14-13-19(27(33)34)15-24(22)32(26)17-20/h7-8,11-15,18,20,30H,4-6,9-10,16-17H2,1-3H3,(H,31,35)(H,33,34). The first-order valence-electron chi connectivity index (χ1n) is 12.9. The maximum Gasteiger partial charge on any atom is 0.407 e. The van der Waals surface area contributed by atoms with Crippen molar-refractivity contribution in [1.82, 2.24) is 9.88 Å². The van der Waals surface area contributed by atoms with Crippen molar-refractivity contribution in [2.45, 2.75) is 77.0 Å². The fourth-order valence-electron chi connectivity index (χ4n) is 5.73. The second-order valence-electron chi connectivity index (χ2n) is 11.0. The average molecular weight is 490 g/mol. The number of fused-ring (bicyclic) bond motifs is 5. The molecule has 1 atom stereocenters. The van der Waals surface area contributed by atoms with Crippen molar-refractivity contribution < 1.29 is 19.4 Å². The molecule has 1 fully saturated rings. The fourth-order valence-corrected chi connectivity index (χ4v) is 5.73. The molecule has 7 heteroatoms. The molecule has 3 aromatic rings. The molecule has 2 heterocycles. The van der Waals surface area contributed by atoms with E-state index in [2.05, 4.69) is 27.3 Å². The summed E-state index contributed by atoms with van der Waals surface area (Å²) in [6.45, 7) is 6.57. The van der Waals surface area contributed by atoms with Gasteiger partial charge < -0.3 is 25.0 Å². The highest BCUT2D eigenvalue weighted by Gasteiger charge is 2.31. The minimum Gasteiger partial charge on any atom is -0.478 e. The summed E-state index contributed by atoms with van der Waals surface area (Å²) in [4.78, 5) is 24.6. The molecule has 1 aliphatic carbocycles. The van der Waals surface area contributed by atoms with Crippen molar-refractivity contribution in [3.05, 3.63) is 53.6 Å². The molecule has 36 heavy (non-hydrogen) atoms. The Kier molecular flexibility index (Phi) is 6.41. The van der Waals surface area contributed by atoms with Crippen LogP contribution < -0.4 is 10.6 Å². The van der Waals surface area contributed by atoms with Gasteiger partial charge in [0.1, 0.15) is 5.60 Å². The van der Waals surface area contributed by atoms with E-state index in [-0.39, 0.29) is 11.6 Å².